The number of hydrogen-bond acceptors (Lipinski definition) is 3. The molecule has 0 bridgehead atoms. The predicted molar refractivity (Wildman–Crippen MR) is 102 cm³/mol. The van der Waals surface area contributed by atoms with Crippen molar-refractivity contribution in [2.75, 3.05) is 13.2 Å². The quantitative estimate of drug-likeness (QED) is 0.717. The van der Waals surface area contributed by atoms with Crippen LogP contribution >= 0.6 is 0 Å². The lowest BCUT2D eigenvalue weighted by Crippen LogP contribution is -2.61. The Kier molecular flexibility index (Phi) is 4.49. The molecule has 26 heavy (non-hydrogen) atoms. The summed E-state index contributed by atoms with van der Waals surface area (Å²) in [6.45, 7) is 3.96. The highest BCUT2D eigenvalue weighted by molar-refractivity contribution is 5.21. The van der Waals surface area contributed by atoms with Crippen molar-refractivity contribution in [2.45, 2.75) is 89.4 Å². The Morgan fingerprint density at radius 1 is 1.15 bits per heavy atom. The summed E-state index contributed by atoms with van der Waals surface area (Å²) in [6, 6.07) is 0. The summed E-state index contributed by atoms with van der Waals surface area (Å²) in [4.78, 5) is 0. The Bertz CT molecular complexity index is 564. The molecule has 3 heteroatoms. The van der Waals surface area contributed by atoms with Crippen LogP contribution in [-0.2, 0) is 9.47 Å². The third-order valence-corrected chi connectivity index (χ3v) is 8.77. The van der Waals surface area contributed by atoms with E-state index in [9.17, 15) is 5.11 Å². The van der Waals surface area contributed by atoms with E-state index in [1.807, 2.05) is 0 Å². The summed E-state index contributed by atoms with van der Waals surface area (Å²) in [6.07, 6.45) is 15.2. The zero-order valence-corrected chi connectivity index (χ0v) is 16.4. The van der Waals surface area contributed by atoms with Crippen LogP contribution in [0.15, 0.2) is 11.6 Å². The molecule has 0 aromatic heterocycles. The molecule has 1 N–H and O–H groups in total. The van der Waals surface area contributed by atoms with Gasteiger partial charge >= 0.3 is 0 Å². The normalized spacial score (nSPS) is 47.0. The number of hydrogen-bond donors (Lipinski definition) is 1. The van der Waals surface area contributed by atoms with Crippen LogP contribution in [0.1, 0.15) is 77.6 Å². The van der Waals surface area contributed by atoms with Crippen LogP contribution in [0.5, 0.6) is 0 Å². The smallest absolute Gasteiger partial charge is 0.174 e. The molecule has 1 heterocycles. The summed E-state index contributed by atoms with van der Waals surface area (Å²) in [7, 11) is 0. The topological polar surface area (TPSA) is 38.7 Å². The zero-order chi connectivity index (χ0) is 17.8. The molecule has 0 amide bonds. The van der Waals surface area contributed by atoms with Gasteiger partial charge in [-0.25, -0.2) is 0 Å². The van der Waals surface area contributed by atoms with E-state index in [0.717, 1.165) is 45.3 Å². The Labute approximate surface area is 158 Å². The molecule has 6 atom stereocenters. The minimum atomic E-state index is -0.402. The maximum atomic E-state index is 11.5. The van der Waals surface area contributed by atoms with Crippen LogP contribution in [0, 0.1) is 29.1 Å². The molecule has 1 saturated heterocycles. The van der Waals surface area contributed by atoms with E-state index < -0.39 is 5.79 Å². The maximum Gasteiger partial charge on any atom is 0.174 e. The molecule has 1 unspecified atom stereocenters. The van der Waals surface area contributed by atoms with Crippen molar-refractivity contribution in [3.8, 4) is 0 Å². The second-order valence-electron chi connectivity index (χ2n) is 9.72. The summed E-state index contributed by atoms with van der Waals surface area (Å²) >= 11 is 0. The first-order valence-corrected chi connectivity index (χ1v) is 11.4. The molecular weight excluding hydrogens is 324 g/mol. The van der Waals surface area contributed by atoms with E-state index in [-0.39, 0.29) is 11.5 Å². The molecule has 0 radical (unpaired) electrons. The van der Waals surface area contributed by atoms with Crippen LogP contribution in [0.25, 0.3) is 0 Å². The number of aliphatic hydroxyl groups excluding tert-OH is 1. The van der Waals surface area contributed by atoms with Crippen molar-refractivity contribution in [3.05, 3.63) is 11.6 Å². The van der Waals surface area contributed by atoms with E-state index in [1.165, 1.54) is 38.5 Å². The van der Waals surface area contributed by atoms with Crippen molar-refractivity contribution in [2.24, 2.45) is 29.1 Å². The van der Waals surface area contributed by atoms with Gasteiger partial charge in [0.05, 0.1) is 19.3 Å². The second kappa shape index (κ2) is 6.60. The van der Waals surface area contributed by atoms with Crippen molar-refractivity contribution in [3.63, 3.8) is 0 Å². The number of fused-ring (bicyclic) bond motifs is 6. The average molecular weight is 361 g/mol. The first-order valence-electron chi connectivity index (χ1n) is 11.4. The molecule has 3 nitrogen and oxygen atoms in total. The zero-order valence-electron chi connectivity index (χ0n) is 16.4. The van der Waals surface area contributed by atoms with E-state index >= 15 is 0 Å². The van der Waals surface area contributed by atoms with Gasteiger partial charge in [0, 0.05) is 11.8 Å². The number of rotatable bonds is 2. The Morgan fingerprint density at radius 2 is 2.00 bits per heavy atom. The molecule has 0 aromatic carbocycles. The maximum absolute atomic E-state index is 11.5. The predicted octanol–water partition coefficient (Wildman–Crippen LogP) is 4.83. The van der Waals surface area contributed by atoms with Gasteiger partial charge in [0.2, 0.25) is 0 Å². The molecule has 4 fully saturated rings. The SMILES string of the molecule is CCC[C@]12CC(O)[C@H]3[C@@H](CCC4=CCCC[C@@H]43)[C@@H]1CCC21OCCCO1. The Hall–Kier alpha value is -0.380. The van der Waals surface area contributed by atoms with Crippen molar-refractivity contribution < 1.29 is 14.6 Å². The number of ether oxygens (including phenoxy) is 2. The summed E-state index contributed by atoms with van der Waals surface area (Å²) in [5.41, 5.74) is 1.72. The lowest BCUT2D eigenvalue weighted by atomic mass is 9.49. The summed E-state index contributed by atoms with van der Waals surface area (Å²) in [5, 5.41) is 11.5. The van der Waals surface area contributed by atoms with Gasteiger partial charge in [0.15, 0.2) is 5.79 Å². The monoisotopic (exact) mass is 360 g/mol. The van der Waals surface area contributed by atoms with Crippen LogP contribution in [-0.4, -0.2) is 30.2 Å². The molecule has 5 aliphatic rings. The van der Waals surface area contributed by atoms with Gasteiger partial charge in [-0.2, -0.15) is 0 Å². The summed E-state index contributed by atoms with van der Waals surface area (Å²) < 4.78 is 12.9. The lowest BCUT2D eigenvalue weighted by Gasteiger charge is -2.59. The van der Waals surface area contributed by atoms with Crippen LogP contribution in [0.4, 0.5) is 0 Å². The van der Waals surface area contributed by atoms with Crippen LogP contribution in [0.2, 0.25) is 0 Å². The van der Waals surface area contributed by atoms with Gasteiger partial charge in [-0.05, 0) is 81.5 Å². The van der Waals surface area contributed by atoms with Gasteiger partial charge in [0.25, 0.3) is 0 Å². The molecule has 5 rings (SSSR count). The molecule has 3 saturated carbocycles. The van der Waals surface area contributed by atoms with Gasteiger partial charge in [-0.3, -0.25) is 0 Å². The highest BCUT2D eigenvalue weighted by Crippen LogP contribution is 2.68. The third kappa shape index (κ3) is 2.36. The Balaban J connectivity index is 1.52. The largest absolute Gasteiger partial charge is 0.393 e. The highest BCUT2D eigenvalue weighted by Gasteiger charge is 2.68. The summed E-state index contributed by atoms with van der Waals surface area (Å²) in [5.74, 6) is 2.09. The molecular formula is C23H36O3. The number of aliphatic hydroxyl groups is 1. The van der Waals surface area contributed by atoms with Gasteiger partial charge in [0.1, 0.15) is 0 Å². The molecule has 146 valence electrons. The molecule has 4 aliphatic carbocycles. The van der Waals surface area contributed by atoms with Crippen LogP contribution < -0.4 is 0 Å². The lowest BCUT2D eigenvalue weighted by molar-refractivity contribution is -0.334. The molecule has 1 spiro atoms. The first-order chi connectivity index (χ1) is 12.7. The van der Waals surface area contributed by atoms with Gasteiger partial charge in [-0.15, -0.1) is 0 Å². The number of allylic oxidation sites excluding steroid dienone is 2. The van der Waals surface area contributed by atoms with Crippen molar-refractivity contribution in [1.82, 2.24) is 0 Å². The average Bonchev–Trinajstić information content (AvgIpc) is 2.96. The fourth-order valence-corrected chi connectivity index (χ4v) is 8.06. The minimum Gasteiger partial charge on any atom is -0.393 e. The van der Waals surface area contributed by atoms with Crippen LogP contribution in [0.3, 0.4) is 0 Å². The Morgan fingerprint density at radius 3 is 2.81 bits per heavy atom. The minimum absolute atomic E-state index is 0.0403. The molecule has 1 aliphatic heterocycles. The first kappa shape index (κ1) is 17.7. The fourth-order valence-electron chi connectivity index (χ4n) is 8.06. The third-order valence-electron chi connectivity index (χ3n) is 8.77. The second-order valence-corrected chi connectivity index (χ2v) is 9.72. The van der Waals surface area contributed by atoms with Gasteiger partial charge in [-0.1, -0.05) is 25.0 Å². The fraction of sp³-hybridized carbons (Fsp3) is 0.913. The molecule has 0 aromatic rings. The van der Waals surface area contributed by atoms with E-state index in [2.05, 4.69) is 13.0 Å². The van der Waals surface area contributed by atoms with Crippen molar-refractivity contribution >= 4 is 0 Å². The highest BCUT2D eigenvalue weighted by atomic mass is 16.7. The van der Waals surface area contributed by atoms with Gasteiger partial charge < -0.3 is 14.6 Å². The van der Waals surface area contributed by atoms with E-state index in [0.29, 0.717) is 23.7 Å². The standard InChI is InChI=1S/C23H36O3/c1-2-11-22-15-20(24)21-17-7-4-3-6-16(17)8-9-18(21)19(22)10-12-23(22)25-13-5-14-26-23/h6,17-21,24H,2-5,7-15H2,1H3/t17-,18-,19-,20?,21+,22-/m0/s1. The van der Waals surface area contributed by atoms with E-state index in [1.54, 1.807) is 5.57 Å². The van der Waals surface area contributed by atoms with Crippen molar-refractivity contribution in [1.29, 1.82) is 0 Å². The van der Waals surface area contributed by atoms with E-state index in [4.69, 9.17) is 9.47 Å².